The highest BCUT2D eigenvalue weighted by atomic mass is 32.9. The monoisotopic (exact) mass is 481 g/mol. The third kappa shape index (κ3) is 9.87. The molecule has 2 unspecified atom stereocenters. The van der Waals surface area contributed by atoms with Crippen molar-refractivity contribution in [2.45, 2.75) is 79.5 Å². The van der Waals surface area contributed by atoms with Crippen LogP contribution in [0.15, 0.2) is 0 Å². The van der Waals surface area contributed by atoms with Gasteiger partial charge < -0.3 is 14.0 Å². The van der Waals surface area contributed by atoms with Crippen LogP contribution in [-0.2, 0) is 30.6 Å². The second kappa shape index (κ2) is 12.6. The van der Waals surface area contributed by atoms with Gasteiger partial charge in [0.1, 0.15) is 12.1 Å². The molecule has 0 aromatic carbocycles. The Labute approximate surface area is 194 Å². The Bertz CT molecular complexity index is 572. The molecule has 0 aromatic rings. The van der Waals surface area contributed by atoms with Crippen molar-refractivity contribution in [2.24, 2.45) is 11.3 Å². The van der Waals surface area contributed by atoms with Gasteiger partial charge >= 0.3 is 5.97 Å². The van der Waals surface area contributed by atoms with Gasteiger partial charge in [-0.2, -0.15) is 0 Å². The van der Waals surface area contributed by atoms with Crippen LogP contribution in [0.1, 0.15) is 68.2 Å². The van der Waals surface area contributed by atoms with Gasteiger partial charge in [0.15, 0.2) is 0 Å². The first-order chi connectivity index (χ1) is 13.8. The number of rotatable bonds is 12. The van der Waals surface area contributed by atoms with Gasteiger partial charge in [0.2, 0.25) is 0 Å². The summed E-state index contributed by atoms with van der Waals surface area (Å²) in [6.45, 7) is 21.5. The topological polar surface area (TPSA) is 48.0 Å². The lowest BCUT2D eigenvalue weighted by Gasteiger charge is -2.37. The van der Waals surface area contributed by atoms with E-state index in [-0.39, 0.29) is 11.6 Å². The Morgan fingerprint density at radius 2 is 1.80 bits per heavy atom. The summed E-state index contributed by atoms with van der Waals surface area (Å²) in [5, 5.41) is 0. The minimum atomic E-state index is -2.10. The summed E-state index contributed by atoms with van der Waals surface area (Å²) in [5.74, 6) is 1.02. The van der Waals surface area contributed by atoms with Crippen LogP contribution in [0.3, 0.4) is 0 Å². The summed E-state index contributed by atoms with van der Waals surface area (Å²) < 4.78 is 17.5. The lowest BCUT2D eigenvalue weighted by Crippen LogP contribution is -2.39. The predicted octanol–water partition coefficient (Wildman–Crippen LogP) is 5.57. The van der Waals surface area contributed by atoms with E-state index in [1.165, 1.54) is 0 Å². The van der Waals surface area contributed by atoms with E-state index in [2.05, 4.69) is 46.4 Å². The van der Waals surface area contributed by atoms with Crippen molar-refractivity contribution in [3.63, 3.8) is 0 Å². The number of nitrogens with zero attached hydrogens (tertiary/aromatic N) is 1. The average molecular weight is 482 g/mol. The lowest BCUT2D eigenvalue weighted by molar-refractivity contribution is -0.153. The zero-order valence-corrected chi connectivity index (χ0v) is 22.9. The molecule has 0 radical (unpaired) electrons. The maximum atomic E-state index is 12.7. The Kier molecular flexibility index (Phi) is 11.9. The molecule has 8 heteroatoms. The largest absolute Gasteiger partial charge is 0.464 e. The van der Waals surface area contributed by atoms with Gasteiger partial charge in [0.25, 0.3) is 0 Å². The normalized spacial score (nSPS) is 19.5. The summed E-state index contributed by atoms with van der Waals surface area (Å²) in [4.78, 5) is 15.0. The Morgan fingerprint density at radius 3 is 2.30 bits per heavy atom. The van der Waals surface area contributed by atoms with E-state index in [9.17, 15) is 4.79 Å². The third-order valence-corrected chi connectivity index (χ3v) is 13.2. The minimum absolute atomic E-state index is 0.127. The SMILES string of the molecule is CCC(C(C)C)P(=S)(OC(C)(C)C)SCCOC(=O)C(C)(C)CCN1CCOCC1. The van der Waals surface area contributed by atoms with Gasteiger partial charge in [-0.15, -0.1) is 0 Å². The van der Waals surface area contributed by atoms with Crippen LogP contribution in [0.2, 0.25) is 0 Å². The molecule has 0 spiro atoms. The molecule has 5 nitrogen and oxygen atoms in total. The van der Waals surface area contributed by atoms with E-state index in [1.807, 2.05) is 13.8 Å². The van der Waals surface area contributed by atoms with Gasteiger partial charge in [-0.1, -0.05) is 44.0 Å². The Hall–Kier alpha value is 0.350. The number of ether oxygens (including phenoxy) is 2. The Morgan fingerprint density at radius 1 is 1.20 bits per heavy atom. The van der Waals surface area contributed by atoms with Crippen molar-refractivity contribution in [1.29, 1.82) is 0 Å². The minimum Gasteiger partial charge on any atom is -0.464 e. The molecule has 1 saturated heterocycles. The quantitative estimate of drug-likeness (QED) is 0.205. The Balaban J connectivity index is 2.55. The molecular formula is C22H44NO4PS2. The summed E-state index contributed by atoms with van der Waals surface area (Å²) in [6, 6.07) is 0. The van der Waals surface area contributed by atoms with Crippen molar-refractivity contribution in [2.75, 3.05) is 45.2 Å². The fourth-order valence-electron chi connectivity index (χ4n) is 3.49. The van der Waals surface area contributed by atoms with Crippen LogP contribution in [0.4, 0.5) is 0 Å². The number of hydrogen-bond acceptors (Lipinski definition) is 7. The van der Waals surface area contributed by atoms with Crippen LogP contribution in [0, 0.1) is 11.3 Å². The number of esters is 1. The van der Waals surface area contributed by atoms with Crippen LogP contribution in [-0.4, -0.2) is 67.3 Å². The average Bonchev–Trinajstić information content (AvgIpc) is 2.63. The molecule has 0 amide bonds. The molecular weight excluding hydrogens is 437 g/mol. The van der Waals surface area contributed by atoms with E-state index in [0.29, 0.717) is 23.9 Å². The van der Waals surface area contributed by atoms with E-state index < -0.39 is 10.9 Å². The zero-order chi connectivity index (χ0) is 23.0. The molecule has 1 rings (SSSR count). The summed E-state index contributed by atoms with van der Waals surface area (Å²) in [7, 11) is 0. The van der Waals surface area contributed by atoms with Crippen LogP contribution in [0.5, 0.6) is 0 Å². The molecule has 0 N–H and O–H groups in total. The number of hydrogen-bond donors (Lipinski definition) is 0. The van der Waals surface area contributed by atoms with Crippen molar-refractivity contribution in [1.82, 2.24) is 4.90 Å². The molecule has 0 saturated carbocycles. The number of carbonyl (C=O) groups is 1. The number of morpholine rings is 1. The molecule has 30 heavy (non-hydrogen) atoms. The molecule has 178 valence electrons. The second-order valence-electron chi connectivity index (χ2n) is 10.0. The maximum absolute atomic E-state index is 12.7. The van der Waals surface area contributed by atoms with Crippen molar-refractivity contribution in [3.05, 3.63) is 0 Å². The van der Waals surface area contributed by atoms with Crippen LogP contribution >= 0.6 is 16.8 Å². The van der Waals surface area contributed by atoms with E-state index in [0.717, 1.165) is 45.7 Å². The second-order valence-corrected chi connectivity index (χ2v) is 17.3. The highest BCUT2D eigenvalue weighted by Gasteiger charge is 2.35. The highest BCUT2D eigenvalue weighted by Crippen LogP contribution is 2.68. The smallest absolute Gasteiger partial charge is 0.311 e. The first-order valence-electron chi connectivity index (χ1n) is 11.2. The molecule has 1 fully saturated rings. The molecule has 0 aliphatic carbocycles. The molecule has 1 aliphatic heterocycles. The maximum Gasteiger partial charge on any atom is 0.311 e. The van der Waals surface area contributed by atoms with E-state index in [4.69, 9.17) is 25.8 Å². The summed E-state index contributed by atoms with van der Waals surface area (Å²) in [6.07, 6.45) is 1.79. The van der Waals surface area contributed by atoms with Crippen LogP contribution in [0.25, 0.3) is 0 Å². The van der Waals surface area contributed by atoms with Crippen molar-refractivity contribution in [3.8, 4) is 0 Å². The third-order valence-electron chi connectivity index (χ3n) is 5.29. The van der Waals surface area contributed by atoms with Gasteiger partial charge in [0.05, 0.1) is 24.2 Å². The van der Waals surface area contributed by atoms with E-state index >= 15 is 0 Å². The lowest BCUT2D eigenvalue weighted by atomic mass is 9.89. The number of carbonyl (C=O) groups excluding carboxylic acids is 1. The molecule has 0 aromatic heterocycles. The molecule has 1 heterocycles. The van der Waals surface area contributed by atoms with Crippen molar-refractivity contribution >= 4 is 34.6 Å². The molecule has 1 aliphatic rings. The highest BCUT2D eigenvalue weighted by molar-refractivity contribution is 8.69. The van der Waals surface area contributed by atoms with Crippen LogP contribution < -0.4 is 0 Å². The van der Waals surface area contributed by atoms with Gasteiger partial charge in [-0.05, 0) is 59.9 Å². The zero-order valence-electron chi connectivity index (χ0n) is 20.4. The van der Waals surface area contributed by atoms with Gasteiger partial charge in [0, 0.05) is 24.5 Å². The van der Waals surface area contributed by atoms with Crippen molar-refractivity contribution < 1.29 is 18.8 Å². The van der Waals surface area contributed by atoms with E-state index in [1.54, 1.807) is 11.4 Å². The first-order valence-corrected chi connectivity index (χ1v) is 15.6. The first kappa shape index (κ1) is 28.4. The molecule has 0 bridgehead atoms. The molecule has 2 atom stereocenters. The summed E-state index contributed by atoms with van der Waals surface area (Å²) >= 11 is 7.81. The summed E-state index contributed by atoms with van der Waals surface area (Å²) in [5.41, 5.74) is -2.51. The standard InChI is InChI=1S/C22H44NO4PS2/c1-9-19(18(2)3)28(29,27-21(4,5)6)30-17-16-26-20(24)22(7,8)10-11-23-12-14-25-15-13-23/h18-19H,9-17H2,1-8H3. The van der Waals surface area contributed by atoms with Gasteiger partial charge in [-0.25, -0.2) is 0 Å². The fraction of sp³-hybridized carbons (Fsp3) is 0.955. The van der Waals surface area contributed by atoms with Gasteiger partial charge in [-0.3, -0.25) is 9.69 Å². The fourth-order valence-corrected chi connectivity index (χ4v) is 12.3. The predicted molar refractivity (Wildman–Crippen MR) is 133 cm³/mol.